The standard InChI is InChI=1S/C13H23NO.C12H19NO.C12H21NO.C12H15NO.2C11H19NO/c1-6-12(15)14(5)11-8-7-10(9-11)13(2,3)4;1-5-10(14)13-6-8-9(7-13)11(8)12(2,3)4;1-5-11(14)13-8-6-7-10(9-13)12(2,3)4;1-4-12(14)13-11-7-5-6-10(8-11)9(2)3;1-5-11(13)12(4)10-6-9(7-10)8(2)3;1-5-10(13)12-7-6-9(8-12)11(2,3)4/h6,10-11H,1,7-9H2,2-5H3;5,8-9,11H,1,6-7H2,2-4H3;5,10H,1,6-9H2,2-4H3;4-9H,1H2,2-3H3,(H,13,14);5,8-10H,1,6-7H2,2-4H3;5,9H,1,6-8H2,2-4H3. The van der Waals surface area contributed by atoms with Gasteiger partial charge in [0.1, 0.15) is 0 Å². The summed E-state index contributed by atoms with van der Waals surface area (Å²) in [5.74, 6) is 6.57. The molecule has 83 heavy (non-hydrogen) atoms. The molecule has 0 aromatic heterocycles. The predicted molar refractivity (Wildman–Crippen MR) is 347 cm³/mol. The Labute approximate surface area is 505 Å². The van der Waals surface area contributed by atoms with Crippen molar-refractivity contribution in [1.82, 2.24) is 24.5 Å². The highest BCUT2D eigenvalue weighted by Crippen LogP contribution is 2.59. The van der Waals surface area contributed by atoms with E-state index < -0.39 is 0 Å². The average molecular weight is 1150 g/mol. The first-order valence-corrected chi connectivity index (χ1v) is 31.0. The number of hydrogen-bond acceptors (Lipinski definition) is 6. The van der Waals surface area contributed by atoms with Gasteiger partial charge in [-0.05, 0) is 180 Å². The Hall–Kier alpha value is -5.52. The normalized spacial score (nSPS) is 24.2. The van der Waals surface area contributed by atoms with Crippen LogP contribution in [0.2, 0.25) is 0 Å². The largest absolute Gasteiger partial charge is 0.339 e. The van der Waals surface area contributed by atoms with Gasteiger partial charge in [-0.3, -0.25) is 28.8 Å². The summed E-state index contributed by atoms with van der Waals surface area (Å²) in [5.41, 5.74) is 3.44. The lowest BCUT2D eigenvalue weighted by Gasteiger charge is -2.42. The van der Waals surface area contributed by atoms with E-state index in [2.05, 4.69) is 156 Å². The predicted octanol–water partition coefficient (Wildman–Crippen LogP) is 14.3. The molecule has 6 aliphatic rings. The van der Waals surface area contributed by atoms with Gasteiger partial charge in [0.2, 0.25) is 35.4 Å². The van der Waals surface area contributed by atoms with E-state index in [4.69, 9.17) is 0 Å². The Balaban J connectivity index is 0.000000340. The van der Waals surface area contributed by atoms with Crippen LogP contribution in [0.3, 0.4) is 0 Å². The summed E-state index contributed by atoms with van der Waals surface area (Å²) in [4.78, 5) is 77.2. The van der Waals surface area contributed by atoms with Gasteiger partial charge in [0, 0.05) is 71.1 Å². The number of nitrogens with zero attached hydrogens (tertiary/aromatic N) is 5. The SMILES string of the molecule is C=CC(=O)N(C)C1CC(C(C)C)C1.C=CC(=O)N(C)C1CCC(C(C)(C)C)C1.C=CC(=O)N1CC2C(C1)C2C(C)(C)C.C=CC(=O)N1CCC(C(C)(C)C)C1.C=CC(=O)N1CCCC(C(C)(C)C)C1.C=CC(=O)Nc1cccc(C(C)C)c1. The van der Waals surface area contributed by atoms with Gasteiger partial charge >= 0.3 is 0 Å². The fourth-order valence-electron chi connectivity index (χ4n) is 12.3. The number of piperidine rings is 2. The fourth-order valence-corrected chi connectivity index (χ4v) is 12.3. The van der Waals surface area contributed by atoms with Crippen LogP contribution in [-0.4, -0.2) is 125 Å². The number of carbonyl (C=O) groups excluding carboxylic acids is 6. The Bertz CT molecular complexity index is 2340. The lowest BCUT2D eigenvalue weighted by Crippen LogP contribution is -2.46. The van der Waals surface area contributed by atoms with Gasteiger partial charge in [-0.25, -0.2) is 0 Å². The summed E-state index contributed by atoms with van der Waals surface area (Å²) in [6.45, 7) is 62.4. The van der Waals surface area contributed by atoms with E-state index >= 15 is 0 Å². The topological polar surface area (TPSA) is 131 Å². The molecular formula is C71H116N6O6. The lowest BCUT2D eigenvalue weighted by molar-refractivity contribution is -0.130. The molecule has 0 spiro atoms. The molecular weight excluding hydrogens is 1030 g/mol. The van der Waals surface area contributed by atoms with Crippen molar-refractivity contribution >= 4 is 41.1 Å². The molecule has 1 aromatic rings. The minimum absolute atomic E-state index is 0.0483. The second-order valence-corrected chi connectivity index (χ2v) is 29.1. The molecule has 6 unspecified atom stereocenters. The maximum Gasteiger partial charge on any atom is 0.247 e. The zero-order valence-corrected chi connectivity index (χ0v) is 55.5. The molecule has 0 radical (unpaired) electrons. The number of amides is 6. The van der Waals surface area contributed by atoms with Gasteiger partial charge in [0.15, 0.2) is 0 Å². The summed E-state index contributed by atoms with van der Waals surface area (Å²) in [6.07, 6.45) is 17.7. The summed E-state index contributed by atoms with van der Waals surface area (Å²) in [7, 11) is 3.75. The minimum atomic E-state index is -0.175. The summed E-state index contributed by atoms with van der Waals surface area (Å²) < 4.78 is 0. The van der Waals surface area contributed by atoms with Crippen molar-refractivity contribution in [2.24, 2.45) is 69.0 Å². The van der Waals surface area contributed by atoms with Crippen molar-refractivity contribution < 1.29 is 28.8 Å². The van der Waals surface area contributed by atoms with Gasteiger partial charge in [-0.2, -0.15) is 0 Å². The number of carbonyl (C=O) groups is 6. The molecule has 6 atom stereocenters. The van der Waals surface area contributed by atoms with Gasteiger partial charge in [-0.1, -0.05) is 162 Å². The molecule has 3 saturated heterocycles. The second-order valence-electron chi connectivity index (χ2n) is 29.1. The van der Waals surface area contributed by atoms with Crippen molar-refractivity contribution in [3.05, 3.63) is 106 Å². The van der Waals surface area contributed by atoms with Crippen LogP contribution >= 0.6 is 0 Å². The Kier molecular flexibility index (Phi) is 29.0. The van der Waals surface area contributed by atoms with E-state index in [0.29, 0.717) is 51.5 Å². The Morgan fingerprint density at radius 3 is 1.39 bits per heavy atom. The number of rotatable bonds is 11. The summed E-state index contributed by atoms with van der Waals surface area (Å²) in [5, 5.41) is 2.73. The third kappa shape index (κ3) is 23.5. The Morgan fingerprint density at radius 2 is 0.988 bits per heavy atom. The van der Waals surface area contributed by atoms with Crippen LogP contribution in [0.1, 0.15) is 174 Å². The number of likely N-dealkylation sites (N-methyl/N-ethyl adjacent to an activating group) is 2. The number of anilines is 1. The molecule has 0 bridgehead atoms. The molecule has 6 amide bonds. The number of nitrogens with one attached hydrogen (secondary N) is 1. The molecule has 12 nitrogen and oxygen atoms in total. The molecule has 3 heterocycles. The molecule has 6 fully saturated rings. The van der Waals surface area contributed by atoms with E-state index in [1.807, 2.05) is 62.9 Å². The van der Waals surface area contributed by atoms with Crippen LogP contribution in [0.5, 0.6) is 0 Å². The van der Waals surface area contributed by atoms with E-state index in [1.54, 1.807) is 0 Å². The third-order valence-corrected chi connectivity index (χ3v) is 18.6. The first-order chi connectivity index (χ1) is 38.4. The van der Waals surface area contributed by atoms with Crippen LogP contribution in [0.4, 0.5) is 5.69 Å². The van der Waals surface area contributed by atoms with Crippen molar-refractivity contribution in [3.8, 4) is 0 Å². The first kappa shape index (κ1) is 73.6. The maximum absolute atomic E-state index is 11.5. The van der Waals surface area contributed by atoms with Crippen molar-refractivity contribution in [2.75, 3.05) is 58.7 Å². The van der Waals surface area contributed by atoms with Gasteiger partial charge in [0.25, 0.3) is 0 Å². The highest BCUT2D eigenvalue weighted by atomic mass is 16.2. The molecule has 7 rings (SSSR count). The van der Waals surface area contributed by atoms with Gasteiger partial charge < -0.3 is 29.8 Å². The van der Waals surface area contributed by atoms with Crippen LogP contribution in [0.25, 0.3) is 0 Å². The molecule has 1 aromatic carbocycles. The van der Waals surface area contributed by atoms with E-state index in [1.165, 1.54) is 54.9 Å². The van der Waals surface area contributed by atoms with Crippen molar-refractivity contribution in [2.45, 2.75) is 180 Å². The monoisotopic (exact) mass is 1150 g/mol. The fraction of sp³-hybridized carbons (Fsp3) is 0.662. The zero-order valence-electron chi connectivity index (χ0n) is 55.5. The van der Waals surface area contributed by atoms with Crippen LogP contribution < -0.4 is 5.32 Å². The highest BCUT2D eigenvalue weighted by Gasteiger charge is 2.60. The molecule has 3 aliphatic carbocycles. The highest BCUT2D eigenvalue weighted by molar-refractivity contribution is 5.99. The number of fused-ring (bicyclic) bond motifs is 1. The maximum atomic E-state index is 11.5. The van der Waals surface area contributed by atoms with Crippen LogP contribution in [0.15, 0.2) is 100 Å². The third-order valence-electron chi connectivity index (χ3n) is 18.6. The van der Waals surface area contributed by atoms with Gasteiger partial charge in [-0.15, -0.1) is 0 Å². The number of hydrogen-bond donors (Lipinski definition) is 1. The second kappa shape index (κ2) is 32.7. The lowest BCUT2D eigenvalue weighted by atomic mass is 9.73. The first-order valence-electron chi connectivity index (χ1n) is 31.0. The zero-order chi connectivity index (χ0) is 63.5. The minimum Gasteiger partial charge on any atom is -0.339 e. The smallest absolute Gasteiger partial charge is 0.247 e. The average Bonchev–Trinajstić information content (AvgIpc) is 1.72. The number of likely N-dealkylation sites (tertiary alicyclic amines) is 3. The summed E-state index contributed by atoms with van der Waals surface area (Å²) in [6, 6.07) is 8.71. The summed E-state index contributed by atoms with van der Waals surface area (Å²) >= 11 is 0. The van der Waals surface area contributed by atoms with E-state index in [-0.39, 0.29) is 35.4 Å². The number of benzene rings is 1. The molecule has 3 saturated carbocycles. The van der Waals surface area contributed by atoms with Crippen molar-refractivity contribution in [3.63, 3.8) is 0 Å². The van der Waals surface area contributed by atoms with Gasteiger partial charge in [0.05, 0.1) is 0 Å². The van der Waals surface area contributed by atoms with E-state index in [9.17, 15) is 28.8 Å². The van der Waals surface area contributed by atoms with Crippen LogP contribution in [0, 0.1) is 69.0 Å². The van der Waals surface area contributed by atoms with E-state index in [0.717, 1.165) is 119 Å². The molecule has 466 valence electrons. The van der Waals surface area contributed by atoms with Crippen molar-refractivity contribution in [1.29, 1.82) is 0 Å². The molecule has 12 heteroatoms. The molecule has 3 aliphatic heterocycles. The molecule has 1 N–H and O–H groups in total. The van der Waals surface area contributed by atoms with Crippen LogP contribution in [-0.2, 0) is 28.8 Å². The Morgan fingerprint density at radius 1 is 0.530 bits per heavy atom. The quantitative estimate of drug-likeness (QED) is 0.220.